The maximum Gasteiger partial charge on any atom is 0.305 e. The third kappa shape index (κ3) is 7.10. The van der Waals surface area contributed by atoms with Gasteiger partial charge >= 0.3 is 5.97 Å². The van der Waals surface area contributed by atoms with Crippen molar-refractivity contribution >= 4 is 11.8 Å². The molecule has 126 valence electrons. The van der Waals surface area contributed by atoms with E-state index in [0.717, 1.165) is 50.0 Å². The number of rotatable bonds is 12. The highest BCUT2D eigenvalue weighted by atomic mass is 16.5. The molecule has 1 aliphatic carbocycles. The first-order valence-corrected chi connectivity index (χ1v) is 8.63. The second kappa shape index (κ2) is 11.3. The van der Waals surface area contributed by atoms with Crippen LogP contribution >= 0.6 is 0 Å². The van der Waals surface area contributed by atoms with Gasteiger partial charge in [-0.05, 0) is 25.7 Å². The van der Waals surface area contributed by atoms with E-state index in [9.17, 15) is 9.59 Å². The zero-order valence-electron chi connectivity index (χ0n) is 14.1. The van der Waals surface area contributed by atoms with Crippen molar-refractivity contribution in [3.05, 3.63) is 11.3 Å². The predicted molar refractivity (Wildman–Crippen MR) is 86.5 cm³/mol. The molecule has 0 atom stereocenters. The maximum absolute atomic E-state index is 11.9. The quantitative estimate of drug-likeness (QED) is 0.398. The molecule has 0 spiro atoms. The van der Waals surface area contributed by atoms with Crippen molar-refractivity contribution in [1.82, 2.24) is 0 Å². The van der Waals surface area contributed by atoms with Gasteiger partial charge in [-0.15, -0.1) is 0 Å². The summed E-state index contributed by atoms with van der Waals surface area (Å²) in [4.78, 5) is 23.0. The van der Waals surface area contributed by atoms with Crippen LogP contribution in [0.4, 0.5) is 0 Å². The highest BCUT2D eigenvalue weighted by molar-refractivity contribution is 5.98. The lowest BCUT2D eigenvalue weighted by molar-refractivity contribution is -0.140. The number of methoxy groups -OCH3 is 1. The van der Waals surface area contributed by atoms with Gasteiger partial charge in [-0.2, -0.15) is 0 Å². The summed E-state index contributed by atoms with van der Waals surface area (Å²) < 4.78 is 10.4. The molecule has 0 saturated heterocycles. The van der Waals surface area contributed by atoms with Crippen LogP contribution in [0.3, 0.4) is 0 Å². The fourth-order valence-electron chi connectivity index (χ4n) is 2.70. The summed E-state index contributed by atoms with van der Waals surface area (Å²) in [7, 11) is 1.40. The molecule has 22 heavy (non-hydrogen) atoms. The molecule has 0 bridgehead atoms. The fourth-order valence-corrected chi connectivity index (χ4v) is 2.70. The van der Waals surface area contributed by atoms with Gasteiger partial charge in [0.15, 0.2) is 5.78 Å². The van der Waals surface area contributed by atoms with Crippen molar-refractivity contribution in [2.75, 3.05) is 13.7 Å². The van der Waals surface area contributed by atoms with Crippen molar-refractivity contribution in [3.8, 4) is 0 Å². The number of carbonyl (C=O) groups excluding carboxylic acids is 2. The molecule has 0 N–H and O–H groups in total. The van der Waals surface area contributed by atoms with Gasteiger partial charge in [0.25, 0.3) is 0 Å². The van der Waals surface area contributed by atoms with Crippen molar-refractivity contribution in [2.45, 2.75) is 77.6 Å². The Balaban J connectivity index is 2.26. The fraction of sp³-hybridized carbons (Fsp3) is 0.778. The van der Waals surface area contributed by atoms with E-state index >= 15 is 0 Å². The highest BCUT2D eigenvalue weighted by Gasteiger charge is 2.23. The minimum atomic E-state index is -0.185. The Morgan fingerprint density at radius 1 is 1.05 bits per heavy atom. The number of ether oxygens (including phenoxy) is 2. The Hall–Kier alpha value is -1.32. The summed E-state index contributed by atoms with van der Waals surface area (Å²) in [5, 5.41) is 0. The minimum Gasteiger partial charge on any atom is -0.498 e. The molecule has 0 aliphatic heterocycles. The molecular formula is C18H30O4. The van der Waals surface area contributed by atoms with E-state index in [2.05, 4.69) is 11.7 Å². The molecule has 0 aromatic rings. The van der Waals surface area contributed by atoms with Crippen LogP contribution in [0.1, 0.15) is 77.6 Å². The van der Waals surface area contributed by atoms with Gasteiger partial charge in [0.05, 0.1) is 13.7 Å². The van der Waals surface area contributed by atoms with Crippen LogP contribution in [0.25, 0.3) is 0 Å². The molecule has 4 nitrogen and oxygen atoms in total. The normalized spacial score (nSPS) is 14.5. The Labute approximate surface area is 134 Å². The van der Waals surface area contributed by atoms with Gasteiger partial charge in [0.2, 0.25) is 0 Å². The van der Waals surface area contributed by atoms with Crippen molar-refractivity contribution in [1.29, 1.82) is 0 Å². The monoisotopic (exact) mass is 310 g/mol. The average Bonchev–Trinajstić information content (AvgIpc) is 2.87. The number of esters is 1. The molecule has 4 heteroatoms. The first-order valence-electron chi connectivity index (χ1n) is 8.63. The van der Waals surface area contributed by atoms with E-state index < -0.39 is 0 Å². The van der Waals surface area contributed by atoms with Gasteiger partial charge in [-0.3, -0.25) is 9.59 Å². The zero-order valence-corrected chi connectivity index (χ0v) is 14.1. The number of carbonyl (C=O) groups is 2. The molecule has 1 rings (SSSR count). The Bertz CT molecular complexity index is 385. The van der Waals surface area contributed by atoms with Gasteiger partial charge in [0.1, 0.15) is 5.76 Å². The van der Waals surface area contributed by atoms with Gasteiger partial charge in [0, 0.05) is 24.8 Å². The highest BCUT2D eigenvalue weighted by Crippen LogP contribution is 2.28. The largest absolute Gasteiger partial charge is 0.498 e. The lowest BCUT2D eigenvalue weighted by Crippen LogP contribution is -2.02. The van der Waals surface area contributed by atoms with Crippen molar-refractivity contribution in [3.63, 3.8) is 0 Å². The third-order valence-electron chi connectivity index (χ3n) is 4.06. The lowest BCUT2D eigenvalue weighted by atomic mass is 10.1. The molecule has 0 unspecified atom stereocenters. The minimum absolute atomic E-state index is 0.185. The van der Waals surface area contributed by atoms with E-state index in [4.69, 9.17) is 4.74 Å². The van der Waals surface area contributed by atoms with Gasteiger partial charge in [-0.25, -0.2) is 0 Å². The summed E-state index contributed by atoms with van der Waals surface area (Å²) >= 11 is 0. The number of ketones is 1. The van der Waals surface area contributed by atoms with E-state index in [1.807, 2.05) is 0 Å². The van der Waals surface area contributed by atoms with Crippen LogP contribution in [0, 0.1) is 0 Å². The van der Waals surface area contributed by atoms with Crippen LogP contribution in [0.15, 0.2) is 11.3 Å². The number of hydrogen-bond donors (Lipinski definition) is 0. The van der Waals surface area contributed by atoms with E-state index in [1.165, 1.54) is 32.8 Å². The first-order chi connectivity index (χ1) is 10.7. The van der Waals surface area contributed by atoms with E-state index in [-0.39, 0.29) is 11.8 Å². The molecule has 0 aromatic heterocycles. The molecule has 0 radical (unpaired) electrons. The number of Topliss-reactive ketones (excluding diaryl/α,β-unsaturated/α-hetero) is 1. The zero-order chi connectivity index (χ0) is 16.2. The van der Waals surface area contributed by atoms with Crippen LogP contribution < -0.4 is 0 Å². The Kier molecular flexibility index (Phi) is 9.60. The summed E-state index contributed by atoms with van der Waals surface area (Å²) in [6.07, 6.45) is 10.1. The molecule has 0 saturated carbocycles. The third-order valence-corrected chi connectivity index (χ3v) is 4.06. The molecule has 0 fully saturated rings. The summed E-state index contributed by atoms with van der Waals surface area (Å²) in [6, 6.07) is 0. The summed E-state index contributed by atoms with van der Waals surface area (Å²) in [6.45, 7) is 2.93. The SMILES string of the molecule is CCCCCCCOC1=C(CCCCC(=O)OC)C(=O)CC1. The van der Waals surface area contributed by atoms with Crippen LogP contribution in [0.5, 0.6) is 0 Å². The second-order valence-corrected chi connectivity index (χ2v) is 5.87. The number of hydrogen-bond acceptors (Lipinski definition) is 4. The van der Waals surface area contributed by atoms with E-state index in [0.29, 0.717) is 12.8 Å². The standard InChI is InChI=1S/C18H30O4/c1-3-4-5-6-9-14-22-17-13-12-16(19)15(17)10-7-8-11-18(20)21-2/h3-14H2,1-2H3. The Morgan fingerprint density at radius 2 is 1.82 bits per heavy atom. The maximum atomic E-state index is 11.9. The predicted octanol–water partition coefficient (Wildman–Crippen LogP) is 4.32. The van der Waals surface area contributed by atoms with Crippen LogP contribution in [-0.2, 0) is 19.1 Å². The first kappa shape index (κ1) is 18.7. The summed E-state index contributed by atoms with van der Waals surface area (Å²) in [5.74, 6) is 0.938. The second-order valence-electron chi connectivity index (χ2n) is 5.87. The lowest BCUT2D eigenvalue weighted by Gasteiger charge is -2.09. The molecule has 0 aromatic carbocycles. The summed E-state index contributed by atoms with van der Waals surface area (Å²) in [5.41, 5.74) is 0.860. The molecule has 0 heterocycles. The van der Waals surface area contributed by atoms with Gasteiger partial charge in [-0.1, -0.05) is 32.6 Å². The Morgan fingerprint density at radius 3 is 2.55 bits per heavy atom. The number of unbranched alkanes of at least 4 members (excludes halogenated alkanes) is 5. The van der Waals surface area contributed by atoms with E-state index in [1.54, 1.807) is 0 Å². The van der Waals surface area contributed by atoms with Crippen molar-refractivity contribution in [2.24, 2.45) is 0 Å². The number of allylic oxidation sites excluding steroid dienone is 2. The topological polar surface area (TPSA) is 52.6 Å². The van der Waals surface area contributed by atoms with Crippen LogP contribution in [0.2, 0.25) is 0 Å². The molecule has 0 amide bonds. The molecule has 1 aliphatic rings. The van der Waals surface area contributed by atoms with Crippen LogP contribution in [-0.4, -0.2) is 25.5 Å². The smallest absolute Gasteiger partial charge is 0.305 e. The van der Waals surface area contributed by atoms with Gasteiger partial charge < -0.3 is 9.47 Å². The molecular weight excluding hydrogens is 280 g/mol. The van der Waals surface area contributed by atoms with Crippen molar-refractivity contribution < 1.29 is 19.1 Å². The average molecular weight is 310 g/mol.